The van der Waals surface area contributed by atoms with Crippen LogP contribution < -0.4 is 5.56 Å². The second-order valence-corrected chi connectivity index (χ2v) is 6.22. The van der Waals surface area contributed by atoms with Gasteiger partial charge in [0.15, 0.2) is 5.16 Å². The van der Waals surface area contributed by atoms with Crippen LogP contribution in [0.2, 0.25) is 0 Å². The van der Waals surface area contributed by atoms with Crippen molar-refractivity contribution < 1.29 is 0 Å². The molecule has 0 unspecified atom stereocenters. The lowest BCUT2D eigenvalue weighted by Gasteiger charge is -2.01. The third-order valence-electron chi connectivity index (χ3n) is 2.22. The molecule has 0 aromatic carbocycles. The van der Waals surface area contributed by atoms with Crippen molar-refractivity contribution in [1.82, 2.24) is 9.97 Å². The molecule has 1 atom stereocenters. The number of halogens is 2. The molecule has 0 amide bonds. The van der Waals surface area contributed by atoms with Crippen molar-refractivity contribution in [3.63, 3.8) is 0 Å². The van der Waals surface area contributed by atoms with Crippen molar-refractivity contribution in [3.05, 3.63) is 22.1 Å². The zero-order chi connectivity index (χ0) is 11.1. The lowest BCUT2D eigenvalue weighted by atomic mass is 10.5. The Balaban J connectivity index is 1.97. The maximum absolute atomic E-state index is 11.1. The minimum Gasteiger partial charge on any atom is -0.301 e. The summed E-state index contributed by atoms with van der Waals surface area (Å²) in [7, 11) is 0. The maximum atomic E-state index is 11.1. The predicted octanol–water partition coefficient (Wildman–Crippen LogP) is 2.36. The fraction of sp³-hybridized carbons (Fsp3) is 0.556. The Kier molecular flexibility index (Phi) is 3.01. The molecule has 1 fully saturated rings. The summed E-state index contributed by atoms with van der Waals surface area (Å²) in [6.45, 7) is 1.80. The standard InChI is InChI=1S/C9H10Cl2N2OS/c1-5-2-7(14)13-8(12-5)15-4-6-3-9(6,10)11/h2,6H,3-4H2,1H3,(H,12,13,14)/t6-/m0/s1. The van der Waals surface area contributed by atoms with Gasteiger partial charge in [0, 0.05) is 23.4 Å². The monoisotopic (exact) mass is 264 g/mol. The van der Waals surface area contributed by atoms with Gasteiger partial charge >= 0.3 is 0 Å². The van der Waals surface area contributed by atoms with E-state index in [0.717, 1.165) is 17.9 Å². The summed E-state index contributed by atoms with van der Waals surface area (Å²) in [5.74, 6) is 1.09. The lowest BCUT2D eigenvalue weighted by Crippen LogP contribution is -2.08. The van der Waals surface area contributed by atoms with Crippen LogP contribution in [0.3, 0.4) is 0 Å². The molecule has 1 aliphatic rings. The van der Waals surface area contributed by atoms with Gasteiger partial charge in [-0.3, -0.25) is 4.79 Å². The van der Waals surface area contributed by atoms with E-state index in [1.54, 1.807) is 6.92 Å². The Morgan fingerprint density at radius 3 is 2.93 bits per heavy atom. The number of thioether (sulfide) groups is 1. The van der Waals surface area contributed by atoms with E-state index >= 15 is 0 Å². The highest BCUT2D eigenvalue weighted by Crippen LogP contribution is 2.54. The van der Waals surface area contributed by atoms with Gasteiger partial charge in [0.05, 0.1) is 0 Å². The Bertz CT molecular complexity index is 432. The molecule has 0 bridgehead atoms. The summed E-state index contributed by atoms with van der Waals surface area (Å²) >= 11 is 13.3. The molecule has 82 valence electrons. The largest absolute Gasteiger partial charge is 0.301 e. The van der Waals surface area contributed by atoms with Crippen LogP contribution in [0.15, 0.2) is 16.0 Å². The Morgan fingerprint density at radius 2 is 2.40 bits per heavy atom. The average Bonchev–Trinajstić information content (AvgIpc) is 2.69. The highest BCUT2D eigenvalue weighted by Gasteiger charge is 2.51. The third kappa shape index (κ3) is 2.89. The molecule has 2 rings (SSSR count). The highest BCUT2D eigenvalue weighted by molar-refractivity contribution is 7.99. The van der Waals surface area contributed by atoms with Gasteiger partial charge in [-0.25, -0.2) is 4.98 Å². The molecule has 1 heterocycles. The smallest absolute Gasteiger partial charge is 0.251 e. The van der Waals surface area contributed by atoms with Crippen molar-refractivity contribution in [2.24, 2.45) is 5.92 Å². The number of aromatic nitrogens is 2. The summed E-state index contributed by atoms with van der Waals surface area (Å²) in [4.78, 5) is 18.0. The van der Waals surface area contributed by atoms with Gasteiger partial charge in [-0.15, -0.1) is 23.2 Å². The summed E-state index contributed by atoms with van der Waals surface area (Å²) in [5, 5.41) is 0.635. The van der Waals surface area contributed by atoms with Gasteiger partial charge in [0.2, 0.25) is 0 Å². The second-order valence-electron chi connectivity index (χ2n) is 3.67. The van der Waals surface area contributed by atoms with Crippen molar-refractivity contribution in [2.75, 3.05) is 5.75 Å². The van der Waals surface area contributed by atoms with Gasteiger partial charge < -0.3 is 4.98 Å². The van der Waals surface area contributed by atoms with Crippen LogP contribution in [0, 0.1) is 12.8 Å². The fourth-order valence-electron chi connectivity index (χ4n) is 1.25. The van der Waals surface area contributed by atoms with E-state index in [0.29, 0.717) is 11.1 Å². The number of alkyl halides is 2. The SMILES string of the molecule is Cc1cc(=O)[nH]c(SC[C@@H]2CC2(Cl)Cl)n1. The van der Waals surface area contributed by atoms with E-state index in [1.165, 1.54) is 17.8 Å². The number of aryl methyl sites for hydroxylation is 1. The summed E-state index contributed by atoms with van der Waals surface area (Å²) in [6, 6.07) is 1.47. The van der Waals surface area contributed by atoms with E-state index < -0.39 is 4.33 Å². The van der Waals surface area contributed by atoms with Crippen LogP contribution in [0.1, 0.15) is 12.1 Å². The first-order valence-electron chi connectivity index (χ1n) is 4.56. The number of nitrogens with zero attached hydrogens (tertiary/aromatic N) is 1. The van der Waals surface area contributed by atoms with Crippen LogP contribution in [0.25, 0.3) is 0 Å². The van der Waals surface area contributed by atoms with Crippen LogP contribution in [0.4, 0.5) is 0 Å². The van der Waals surface area contributed by atoms with E-state index in [2.05, 4.69) is 9.97 Å². The van der Waals surface area contributed by atoms with E-state index in [1.807, 2.05) is 0 Å². The first kappa shape index (κ1) is 11.3. The molecular weight excluding hydrogens is 255 g/mol. The van der Waals surface area contributed by atoms with Crippen LogP contribution in [-0.2, 0) is 0 Å². The first-order chi connectivity index (χ1) is 6.97. The van der Waals surface area contributed by atoms with Gasteiger partial charge in [-0.05, 0) is 13.3 Å². The predicted molar refractivity (Wildman–Crippen MR) is 62.9 cm³/mol. The normalized spacial score (nSPS) is 22.7. The minimum atomic E-state index is -0.558. The molecule has 1 aliphatic carbocycles. The fourth-order valence-corrected chi connectivity index (χ4v) is 3.10. The quantitative estimate of drug-likeness (QED) is 0.518. The maximum Gasteiger partial charge on any atom is 0.251 e. The number of aromatic amines is 1. The highest BCUT2D eigenvalue weighted by atomic mass is 35.5. The van der Waals surface area contributed by atoms with Crippen molar-refractivity contribution in [2.45, 2.75) is 22.8 Å². The number of H-pyrrole nitrogens is 1. The number of nitrogens with one attached hydrogen (secondary N) is 1. The minimum absolute atomic E-state index is 0.121. The average molecular weight is 265 g/mol. The molecule has 0 saturated heterocycles. The first-order valence-corrected chi connectivity index (χ1v) is 6.30. The van der Waals surface area contributed by atoms with Gasteiger partial charge in [0.1, 0.15) is 4.33 Å². The van der Waals surface area contributed by atoms with E-state index in [-0.39, 0.29) is 5.56 Å². The van der Waals surface area contributed by atoms with Gasteiger partial charge in [-0.1, -0.05) is 11.8 Å². The Hall–Kier alpha value is -0.190. The molecule has 6 heteroatoms. The Morgan fingerprint density at radius 1 is 1.73 bits per heavy atom. The van der Waals surface area contributed by atoms with Crippen molar-refractivity contribution in [3.8, 4) is 0 Å². The molecule has 0 radical (unpaired) electrons. The van der Waals surface area contributed by atoms with Crippen molar-refractivity contribution >= 4 is 35.0 Å². The van der Waals surface area contributed by atoms with Crippen LogP contribution in [-0.4, -0.2) is 20.1 Å². The summed E-state index contributed by atoms with van der Waals surface area (Å²) in [6.07, 6.45) is 0.819. The number of hydrogen-bond donors (Lipinski definition) is 1. The van der Waals surface area contributed by atoms with Crippen LogP contribution >= 0.6 is 35.0 Å². The van der Waals surface area contributed by atoms with E-state index in [9.17, 15) is 4.79 Å². The molecule has 1 aromatic rings. The molecular formula is C9H10Cl2N2OS. The molecule has 0 spiro atoms. The zero-order valence-electron chi connectivity index (χ0n) is 8.09. The topological polar surface area (TPSA) is 45.8 Å². The molecule has 1 N–H and O–H groups in total. The number of hydrogen-bond acceptors (Lipinski definition) is 3. The lowest BCUT2D eigenvalue weighted by molar-refractivity contribution is 0.895. The van der Waals surface area contributed by atoms with Crippen LogP contribution in [0.5, 0.6) is 0 Å². The van der Waals surface area contributed by atoms with E-state index in [4.69, 9.17) is 23.2 Å². The number of rotatable bonds is 3. The second kappa shape index (κ2) is 4.00. The Labute approximate surface area is 102 Å². The summed E-state index contributed by atoms with van der Waals surface area (Å²) < 4.78 is -0.558. The molecule has 15 heavy (non-hydrogen) atoms. The zero-order valence-corrected chi connectivity index (χ0v) is 10.4. The van der Waals surface area contributed by atoms with Gasteiger partial charge in [0.25, 0.3) is 5.56 Å². The molecule has 1 saturated carbocycles. The molecule has 3 nitrogen and oxygen atoms in total. The molecule has 0 aliphatic heterocycles. The summed E-state index contributed by atoms with van der Waals surface area (Å²) in [5.41, 5.74) is 0.601. The third-order valence-corrected chi connectivity index (χ3v) is 4.19. The van der Waals surface area contributed by atoms with Crippen molar-refractivity contribution in [1.29, 1.82) is 0 Å². The van der Waals surface area contributed by atoms with Gasteiger partial charge in [-0.2, -0.15) is 0 Å². The molecule has 1 aromatic heterocycles.